The Bertz CT molecular complexity index is 167. The summed E-state index contributed by atoms with van der Waals surface area (Å²) in [5, 5.41) is 13.7. The normalized spacial score (nSPS) is 22.6. The van der Waals surface area contributed by atoms with E-state index in [1.54, 1.807) is 7.11 Å². The molecule has 1 fully saturated rings. The monoisotopic (exact) mass is 215 g/mol. The highest BCUT2D eigenvalue weighted by atomic mass is 16.5. The summed E-state index contributed by atoms with van der Waals surface area (Å²) in [7, 11) is 1.72. The fourth-order valence-corrected chi connectivity index (χ4v) is 2.24. The Hall–Kier alpha value is -0.120. The number of aliphatic hydroxyl groups is 1. The van der Waals surface area contributed by atoms with Crippen LogP contribution in [0.4, 0.5) is 0 Å². The molecule has 0 aliphatic heterocycles. The molecule has 0 spiro atoms. The molecule has 1 aliphatic rings. The molecule has 3 heteroatoms. The van der Waals surface area contributed by atoms with E-state index in [9.17, 15) is 5.11 Å². The summed E-state index contributed by atoms with van der Waals surface area (Å²) in [6.07, 6.45) is 6.55. The zero-order valence-electron chi connectivity index (χ0n) is 10.1. The molecule has 0 aromatic rings. The molecule has 0 heterocycles. The van der Waals surface area contributed by atoms with Gasteiger partial charge in [0, 0.05) is 19.7 Å². The van der Waals surface area contributed by atoms with Crippen LogP contribution in [0.25, 0.3) is 0 Å². The third-order valence-electron chi connectivity index (χ3n) is 3.36. The highest BCUT2D eigenvalue weighted by Crippen LogP contribution is 2.27. The first-order valence-corrected chi connectivity index (χ1v) is 6.15. The van der Waals surface area contributed by atoms with Crippen molar-refractivity contribution < 1.29 is 9.84 Å². The van der Waals surface area contributed by atoms with Crippen molar-refractivity contribution in [2.75, 3.05) is 20.3 Å². The van der Waals surface area contributed by atoms with Gasteiger partial charge in [-0.25, -0.2) is 0 Å². The summed E-state index contributed by atoms with van der Waals surface area (Å²) in [5.74, 6) is 0. The van der Waals surface area contributed by atoms with Gasteiger partial charge < -0.3 is 15.2 Å². The van der Waals surface area contributed by atoms with Crippen LogP contribution in [0.5, 0.6) is 0 Å². The van der Waals surface area contributed by atoms with Crippen molar-refractivity contribution in [1.82, 2.24) is 5.32 Å². The Morgan fingerprint density at radius 3 is 2.53 bits per heavy atom. The van der Waals surface area contributed by atoms with E-state index in [4.69, 9.17) is 4.74 Å². The lowest BCUT2D eigenvalue weighted by molar-refractivity contribution is 0.000123. The molecular weight excluding hydrogens is 190 g/mol. The van der Waals surface area contributed by atoms with Gasteiger partial charge in [0.1, 0.15) is 0 Å². The SMILES string of the molecule is CCC(COC)NCC1(O)CCCCC1. The van der Waals surface area contributed by atoms with Crippen LogP contribution in [-0.2, 0) is 4.74 Å². The van der Waals surface area contributed by atoms with Crippen molar-refractivity contribution in [3.05, 3.63) is 0 Å². The molecule has 0 radical (unpaired) electrons. The highest BCUT2D eigenvalue weighted by Gasteiger charge is 2.29. The largest absolute Gasteiger partial charge is 0.389 e. The molecule has 3 nitrogen and oxygen atoms in total. The molecule has 0 aromatic carbocycles. The average molecular weight is 215 g/mol. The van der Waals surface area contributed by atoms with E-state index in [-0.39, 0.29) is 0 Å². The lowest BCUT2D eigenvalue weighted by atomic mass is 9.85. The van der Waals surface area contributed by atoms with Crippen molar-refractivity contribution in [2.24, 2.45) is 0 Å². The van der Waals surface area contributed by atoms with Crippen molar-refractivity contribution >= 4 is 0 Å². The number of hydrogen-bond acceptors (Lipinski definition) is 3. The molecule has 0 bridgehead atoms. The van der Waals surface area contributed by atoms with E-state index in [1.165, 1.54) is 19.3 Å². The van der Waals surface area contributed by atoms with Gasteiger partial charge in [0.05, 0.1) is 12.2 Å². The second-order valence-electron chi connectivity index (χ2n) is 4.73. The third-order valence-corrected chi connectivity index (χ3v) is 3.36. The molecule has 1 aliphatic carbocycles. The van der Waals surface area contributed by atoms with Crippen molar-refractivity contribution in [3.8, 4) is 0 Å². The van der Waals surface area contributed by atoms with Crippen molar-refractivity contribution in [3.63, 3.8) is 0 Å². The highest BCUT2D eigenvalue weighted by molar-refractivity contribution is 4.85. The van der Waals surface area contributed by atoms with Crippen LogP contribution in [-0.4, -0.2) is 37.0 Å². The van der Waals surface area contributed by atoms with Gasteiger partial charge in [-0.3, -0.25) is 0 Å². The van der Waals surface area contributed by atoms with Crippen LogP contribution < -0.4 is 5.32 Å². The molecule has 0 amide bonds. The van der Waals surface area contributed by atoms with Crippen LogP contribution in [0.2, 0.25) is 0 Å². The summed E-state index contributed by atoms with van der Waals surface area (Å²) >= 11 is 0. The second kappa shape index (κ2) is 6.46. The molecule has 0 saturated heterocycles. The smallest absolute Gasteiger partial charge is 0.0771 e. The van der Waals surface area contributed by atoms with Gasteiger partial charge in [-0.1, -0.05) is 26.2 Å². The Morgan fingerprint density at radius 1 is 1.33 bits per heavy atom. The number of rotatable bonds is 6. The predicted molar refractivity (Wildman–Crippen MR) is 62.0 cm³/mol. The van der Waals surface area contributed by atoms with E-state index in [2.05, 4.69) is 12.2 Å². The minimum atomic E-state index is -0.459. The zero-order valence-corrected chi connectivity index (χ0v) is 10.1. The summed E-state index contributed by atoms with van der Waals surface area (Å²) < 4.78 is 5.12. The van der Waals surface area contributed by atoms with E-state index in [0.717, 1.165) is 32.4 Å². The Morgan fingerprint density at radius 2 is 2.00 bits per heavy atom. The lowest BCUT2D eigenvalue weighted by Crippen LogP contribution is -2.46. The molecule has 1 rings (SSSR count). The van der Waals surface area contributed by atoms with Gasteiger partial charge in [0.15, 0.2) is 0 Å². The van der Waals surface area contributed by atoms with E-state index >= 15 is 0 Å². The Balaban J connectivity index is 2.26. The maximum absolute atomic E-state index is 10.3. The summed E-state index contributed by atoms with van der Waals surface area (Å²) in [6, 6.07) is 0.376. The summed E-state index contributed by atoms with van der Waals surface area (Å²) in [5.41, 5.74) is -0.459. The zero-order chi connectivity index (χ0) is 11.1. The maximum atomic E-state index is 10.3. The average Bonchev–Trinajstić information content (AvgIpc) is 2.25. The minimum Gasteiger partial charge on any atom is -0.389 e. The number of ether oxygens (including phenoxy) is 1. The first-order valence-electron chi connectivity index (χ1n) is 6.15. The standard InChI is InChI=1S/C12H25NO2/c1-3-11(9-15-2)13-10-12(14)7-5-4-6-8-12/h11,13-14H,3-10H2,1-2H3. The topological polar surface area (TPSA) is 41.5 Å². The lowest BCUT2D eigenvalue weighted by Gasteiger charge is -2.33. The summed E-state index contributed by atoms with van der Waals surface area (Å²) in [6.45, 7) is 3.59. The molecule has 1 saturated carbocycles. The van der Waals surface area contributed by atoms with Crippen LogP contribution in [0.15, 0.2) is 0 Å². The number of methoxy groups -OCH3 is 1. The Labute approximate surface area is 93.2 Å². The van der Waals surface area contributed by atoms with Gasteiger partial charge in [-0.15, -0.1) is 0 Å². The molecular formula is C12H25NO2. The minimum absolute atomic E-state index is 0.376. The summed E-state index contributed by atoms with van der Waals surface area (Å²) in [4.78, 5) is 0. The van der Waals surface area contributed by atoms with Gasteiger partial charge in [-0.2, -0.15) is 0 Å². The first kappa shape index (κ1) is 12.9. The van der Waals surface area contributed by atoms with Gasteiger partial charge in [-0.05, 0) is 19.3 Å². The van der Waals surface area contributed by atoms with Gasteiger partial charge in [0.25, 0.3) is 0 Å². The third kappa shape index (κ3) is 4.49. The van der Waals surface area contributed by atoms with E-state index in [0.29, 0.717) is 6.04 Å². The van der Waals surface area contributed by atoms with Gasteiger partial charge >= 0.3 is 0 Å². The molecule has 1 unspecified atom stereocenters. The fraction of sp³-hybridized carbons (Fsp3) is 1.00. The number of nitrogens with one attached hydrogen (secondary N) is 1. The molecule has 0 aromatic heterocycles. The first-order chi connectivity index (χ1) is 7.20. The van der Waals surface area contributed by atoms with Crippen LogP contribution in [0.1, 0.15) is 45.4 Å². The fourth-order valence-electron chi connectivity index (χ4n) is 2.24. The molecule has 15 heavy (non-hydrogen) atoms. The van der Waals surface area contributed by atoms with Crippen LogP contribution >= 0.6 is 0 Å². The van der Waals surface area contributed by atoms with Crippen LogP contribution in [0, 0.1) is 0 Å². The van der Waals surface area contributed by atoms with Crippen molar-refractivity contribution in [1.29, 1.82) is 0 Å². The molecule has 90 valence electrons. The quantitative estimate of drug-likeness (QED) is 0.708. The molecule has 2 N–H and O–H groups in total. The maximum Gasteiger partial charge on any atom is 0.0771 e. The Kier molecular flexibility index (Phi) is 5.58. The van der Waals surface area contributed by atoms with Crippen molar-refractivity contribution in [2.45, 2.75) is 57.1 Å². The second-order valence-corrected chi connectivity index (χ2v) is 4.73. The predicted octanol–water partition coefficient (Wildman–Crippen LogP) is 1.70. The van der Waals surface area contributed by atoms with Crippen LogP contribution in [0.3, 0.4) is 0 Å². The van der Waals surface area contributed by atoms with E-state index < -0.39 is 5.60 Å². The number of hydrogen-bond donors (Lipinski definition) is 2. The molecule has 1 atom stereocenters. The van der Waals surface area contributed by atoms with Gasteiger partial charge in [0.2, 0.25) is 0 Å². The van der Waals surface area contributed by atoms with E-state index in [1.807, 2.05) is 0 Å².